The van der Waals surface area contributed by atoms with Crippen LogP contribution >= 0.6 is 0 Å². The van der Waals surface area contributed by atoms with E-state index in [4.69, 9.17) is 5.73 Å². The molecule has 0 aliphatic carbocycles. The summed E-state index contributed by atoms with van der Waals surface area (Å²) < 4.78 is 27.5. The van der Waals surface area contributed by atoms with Crippen LogP contribution in [0.15, 0.2) is 28.7 Å². The van der Waals surface area contributed by atoms with Crippen LogP contribution < -0.4 is 10.6 Å². The first-order valence-electron chi connectivity index (χ1n) is 9.82. The third-order valence-corrected chi connectivity index (χ3v) is 6.13. The van der Waals surface area contributed by atoms with Gasteiger partial charge in [0.05, 0.1) is 11.9 Å². The number of imide groups is 1. The van der Waals surface area contributed by atoms with Crippen molar-refractivity contribution < 1.29 is 18.0 Å². The van der Waals surface area contributed by atoms with Crippen LogP contribution in [0.5, 0.6) is 0 Å². The number of rotatable bonds is 3. The summed E-state index contributed by atoms with van der Waals surface area (Å²) >= 11 is 0. The summed E-state index contributed by atoms with van der Waals surface area (Å²) in [5, 5.41) is 0. The summed E-state index contributed by atoms with van der Waals surface area (Å²) in [7, 11) is -3.57. The van der Waals surface area contributed by atoms with Crippen LogP contribution in [0.4, 0.5) is 10.5 Å². The molecule has 9 nitrogen and oxygen atoms in total. The number of anilines is 1. The molecule has 0 unspecified atom stereocenters. The fourth-order valence-corrected chi connectivity index (χ4v) is 4.82. The predicted octanol–water partition coefficient (Wildman–Crippen LogP) is 0.747. The predicted molar refractivity (Wildman–Crippen MR) is 109 cm³/mol. The summed E-state index contributed by atoms with van der Waals surface area (Å²) in [6.45, 7) is 2.01. The van der Waals surface area contributed by atoms with E-state index in [-0.39, 0.29) is 18.0 Å². The fraction of sp³-hybridized carbons (Fsp3) is 0.526. The van der Waals surface area contributed by atoms with Gasteiger partial charge >= 0.3 is 6.03 Å². The van der Waals surface area contributed by atoms with Gasteiger partial charge in [-0.2, -0.15) is 0 Å². The molecule has 10 heteroatoms. The molecule has 1 aromatic rings. The van der Waals surface area contributed by atoms with Gasteiger partial charge in [0.25, 0.3) is 15.9 Å². The van der Waals surface area contributed by atoms with Crippen molar-refractivity contribution in [3.63, 3.8) is 0 Å². The summed E-state index contributed by atoms with van der Waals surface area (Å²) in [4.78, 5) is 30.3. The van der Waals surface area contributed by atoms with Crippen LogP contribution in [0.25, 0.3) is 0 Å². The first kappa shape index (κ1) is 19.8. The molecule has 2 atom stereocenters. The van der Waals surface area contributed by atoms with E-state index >= 15 is 0 Å². The molecular formula is C19H25N5O4S. The van der Waals surface area contributed by atoms with Crippen molar-refractivity contribution in [3.05, 3.63) is 29.8 Å². The van der Waals surface area contributed by atoms with Gasteiger partial charge in [0.2, 0.25) is 0 Å². The number of nitrogens with zero attached hydrogens (tertiary/aromatic N) is 4. The first-order valence-corrected chi connectivity index (χ1v) is 11.7. The summed E-state index contributed by atoms with van der Waals surface area (Å²) in [6.07, 6.45) is 4.53. The summed E-state index contributed by atoms with van der Waals surface area (Å²) in [5.74, 6) is 0.0922. The van der Waals surface area contributed by atoms with Gasteiger partial charge < -0.3 is 15.5 Å². The number of urea groups is 1. The molecule has 0 aromatic heterocycles. The molecule has 0 radical (unpaired) electrons. The van der Waals surface area contributed by atoms with E-state index < -0.39 is 16.1 Å². The van der Waals surface area contributed by atoms with E-state index in [9.17, 15) is 18.0 Å². The highest BCUT2D eigenvalue weighted by molar-refractivity contribution is 7.89. The smallest absolute Gasteiger partial charge is 0.332 e. The average molecular weight is 420 g/mol. The summed E-state index contributed by atoms with van der Waals surface area (Å²) in [5.41, 5.74) is 7.17. The molecular weight excluding hydrogens is 394 g/mol. The molecule has 4 rings (SSSR count). The van der Waals surface area contributed by atoms with E-state index in [1.165, 1.54) is 4.90 Å². The number of carbonyl (C=O) groups excluding carboxylic acids is 2. The van der Waals surface area contributed by atoms with Crippen LogP contribution in [0.1, 0.15) is 31.2 Å². The number of sulfonamides is 1. The number of benzene rings is 1. The normalized spacial score (nSPS) is 25.7. The fourth-order valence-electron chi connectivity index (χ4n) is 4.29. The van der Waals surface area contributed by atoms with Crippen LogP contribution in [0.2, 0.25) is 0 Å². The number of carbonyl (C=O) groups is 2. The lowest BCUT2D eigenvalue weighted by molar-refractivity contribution is -0.120. The van der Waals surface area contributed by atoms with Gasteiger partial charge in [-0.15, -0.1) is 4.40 Å². The number of likely N-dealkylation sites (tertiary alicyclic amines) is 1. The number of amidine groups is 1. The number of nitrogens with two attached hydrogens (primary N) is 1. The molecule has 156 valence electrons. The third-order valence-electron chi connectivity index (χ3n) is 5.63. The van der Waals surface area contributed by atoms with Crippen molar-refractivity contribution in [2.45, 2.75) is 37.8 Å². The highest BCUT2D eigenvalue weighted by Gasteiger charge is 2.49. The van der Waals surface area contributed by atoms with Crippen LogP contribution in [0.3, 0.4) is 0 Å². The number of hydrogen-bond acceptors (Lipinski definition) is 5. The van der Waals surface area contributed by atoms with Gasteiger partial charge in [0, 0.05) is 31.2 Å². The lowest BCUT2D eigenvalue weighted by Crippen LogP contribution is -2.52. The molecule has 3 aliphatic rings. The van der Waals surface area contributed by atoms with Gasteiger partial charge in [-0.05, 0) is 49.9 Å². The van der Waals surface area contributed by atoms with E-state index in [1.807, 2.05) is 4.90 Å². The van der Waals surface area contributed by atoms with Gasteiger partial charge in [0.1, 0.15) is 11.9 Å². The quantitative estimate of drug-likeness (QED) is 0.439. The molecule has 0 bridgehead atoms. The standard InChI is InChI=1S/C19H25N5O4S/c1-29(27,28)21-17(22-10-2-3-11-22)13-6-8-14(9-7-13)24-18(25)16-15(20)5-4-12-23(16)19(24)26/h6-9,15-16H,2-5,10-12,20H2,1H3/t15-,16+/m1/s1. The zero-order valence-electron chi connectivity index (χ0n) is 16.3. The van der Waals surface area contributed by atoms with Crippen LogP contribution in [0, 0.1) is 0 Å². The SMILES string of the molecule is CS(=O)(=O)N=C(c1ccc(N2C(=O)[C@@H]3[C@H](N)CCCN3C2=O)cc1)N1CCCC1. The van der Waals surface area contributed by atoms with E-state index in [0.29, 0.717) is 30.1 Å². The Morgan fingerprint density at radius 1 is 1.07 bits per heavy atom. The Morgan fingerprint density at radius 3 is 2.31 bits per heavy atom. The Bertz CT molecular complexity index is 953. The van der Waals surface area contributed by atoms with Crippen LogP contribution in [-0.4, -0.2) is 74.0 Å². The highest BCUT2D eigenvalue weighted by Crippen LogP contribution is 2.30. The zero-order chi connectivity index (χ0) is 20.8. The minimum absolute atomic E-state index is 0.306. The van der Waals surface area contributed by atoms with Crippen molar-refractivity contribution in [1.29, 1.82) is 0 Å². The van der Waals surface area contributed by atoms with Gasteiger partial charge in [0.15, 0.2) is 0 Å². The second-order valence-corrected chi connectivity index (χ2v) is 9.44. The molecule has 3 aliphatic heterocycles. The Kier molecular flexibility index (Phi) is 5.07. The second-order valence-electron chi connectivity index (χ2n) is 7.79. The molecule has 3 saturated heterocycles. The largest absolute Gasteiger partial charge is 0.355 e. The van der Waals surface area contributed by atoms with E-state index in [0.717, 1.165) is 38.6 Å². The molecule has 0 spiro atoms. The number of fused-ring (bicyclic) bond motifs is 1. The highest BCUT2D eigenvalue weighted by atomic mass is 32.2. The maximum absolute atomic E-state index is 12.8. The van der Waals surface area contributed by atoms with E-state index in [1.54, 1.807) is 29.2 Å². The summed E-state index contributed by atoms with van der Waals surface area (Å²) in [6, 6.07) is 5.40. The van der Waals surface area contributed by atoms with Gasteiger partial charge in [-0.1, -0.05) is 0 Å². The van der Waals surface area contributed by atoms with Crippen molar-refractivity contribution in [3.8, 4) is 0 Å². The molecule has 3 fully saturated rings. The lowest BCUT2D eigenvalue weighted by Gasteiger charge is -2.31. The molecule has 3 heterocycles. The molecule has 2 N–H and O–H groups in total. The third kappa shape index (κ3) is 3.74. The average Bonchev–Trinajstić information content (AvgIpc) is 3.28. The zero-order valence-corrected chi connectivity index (χ0v) is 17.1. The van der Waals surface area contributed by atoms with E-state index in [2.05, 4.69) is 4.40 Å². The molecule has 1 aromatic carbocycles. The minimum Gasteiger partial charge on any atom is -0.355 e. The Balaban J connectivity index is 1.64. The van der Waals surface area contributed by atoms with Gasteiger partial charge in [-0.3, -0.25) is 4.79 Å². The monoisotopic (exact) mass is 419 g/mol. The Hall–Kier alpha value is -2.46. The first-order chi connectivity index (χ1) is 13.8. The van der Waals surface area contributed by atoms with Crippen molar-refractivity contribution >= 4 is 33.5 Å². The second kappa shape index (κ2) is 7.42. The van der Waals surface area contributed by atoms with Crippen molar-refractivity contribution in [2.24, 2.45) is 10.1 Å². The van der Waals surface area contributed by atoms with Crippen molar-refractivity contribution in [2.75, 3.05) is 30.8 Å². The number of piperidine rings is 1. The molecule has 3 amide bonds. The Labute approximate surface area is 170 Å². The van der Waals surface area contributed by atoms with Crippen LogP contribution in [-0.2, 0) is 14.8 Å². The van der Waals surface area contributed by atoms with Crippen molar-refractivity contribution in [1.82, 2.24) is 9.80 Å². The minimum atomic E-state index is -3.57. The number of amides is 3. The Morgan fingerprint density at radius 2 is 1.72 bits per heavy atom. The lowest BCUT2D eigenvalue weighted by atomic mass is 9.98. The maximum Gasteiger partial charge on any atom is 0.332 e. The maximum atomic E-state index is 12.8. The van der Waals surface area contributed by atoms with Gasteiger partial charge in [-0.25, -0.2) is 18.1 Å². The molecule has 0 saturated carbocycles. The molecule has 29 heavy (non-hydrogen) atoms. The topological polar surface area (TPSA) is 116 Å². The number of hydrogen-bond donors (Lipinski definition) is 1.